The minimum absolute atomic E-state index is 0.00184. The van der Waals surface area contributed by atoms with Crippen LogP contribution in [0.4, 0.5) is 4.39 Å². The number of rotatable bonds is 3. The molecule has 22 heavy (non-hydrogen) atoms. The number of carbonyl (C=O) groups is 1. The first-order valence-corrected chi connectivity index (χ1v) is 7.83. The fourth-order valence-corrected chi connectivity index (χ4v) is 3.14. The van der Waals surface area contributed by atoms with Gasteiger partial charge in [0.1, 0.15) is 5.82 Å². The van der Waals surface area contributed by atoms with Crippen molar-refractivity contribution in [2.75, 3.05) is 0 Å². The quantitative estimate of drug-likeness (QED) is 0.915. The molecule has 2 aromatic rings. The van der Waals surface area contributed by atoms with Crippen LogP contribution < -0.4 is 5.32 Å². The van der Waals surface area contributed by atoms with Crippen LogP contribution in [-0.2, 0) is 17.6 Å². The van der Waals surface area contributed by atoms with Crippen molar-refractivity contribution in [3.05, 3.63) is 41.3 Å². The summed E-state index contributed by atoms with van der Waals surface area (Å²) < 4.78 is 13.4. The molecule has 0 spiro atoms. The summed E-state index contributed by atoms with van der Waals surface area (Å²) in [5.41, 5.74) is 3.68. The maximum Gasteiger partial charge on any atom is 0.223 e. The van der Waals surface area contributed by atoms with E-state index in [0.717, 1.165) is 48.2 Å². The molecule has 0 saturated heterocycles. The highest BCUT2D eigenvalue weighted by Crippen LogP contribution is 2.33. The van der Waals surface area contributed by atoms with Gasteiger partial charge in [0.25, 0.3) is 0 Å². The molecule has 0 radical (unpaired) electrons. The molecule has 1 heterocycles. The fourth-order valence-electron chi connectivity index (χ4n) is 3.14. The van der Waals surface area contributed by atoms with Gasteiger partial charge in [0.15, 0.2) is 0 Å². The predicted octanol–water partition coefficient (Wildman–Crippen LogP) is 2.60. The molecule has 2 aliphatic rings. The number of halogens is 1. The van der Waals surface area contributed by atoms with E-state index >= 15 is 0 Å². The van der Waals surface area contributed by atoms with Crippen LogP contribution in [0.2, 0.25) is 0 Å². The van der Waals surface area contributed by atoms with Gasteiger partial charge >= 0.3 is 0 Å². The molecule has 1 amide bonds. The summed E-state index contributed by atoms with van der Waals surface area (Å²) in [6.45, 7) is 0. The Labute approximate surface area is 128 Å². The van der Waals surface area contributed by atoms with E-state index in [1.807, 2.05) is 6.07 Å². The first-order valence-electron chi connectivity index (χ1n) is 7.83. The number of aromatic nitrogens is 2. The van der Waals surface area contributed by atoms with Crippen molar-refractivity contribution >= 4 is 5.91 Å². The van der Waals surface area contributed by atoms with Crippen LogP contribution in [0, 0.1) is 11.7 Å². The number of H-pyrrole nitrogens is 1. The van der Waals surface area contributed by atoms with E-state index in [-0.39, 0.29) is 17.6 Å². The van der Waals surface area contributed by atoms with Crippen LogP contribution >= 0.6 is 0 Å². The molecular formula is C17H18FN3O. The average molecular weight is 299 g/mol. The monoisotopic (exact) mass is 299 g/mol. The fraction of sp³-hybridized carbons (Fsp3) is 0.412. The summed E-state index contributed by atoms with van der Waals surface area (Å²) in [5.74, 6) is -0.120. The second-order valence-corrected chi connectivity index (χ2v) is 6.26. The Morgan fingerprint density at radius 3 is 2.95 bits per heavy atom. The van der Waals surface area contributed by atoms with Crippen LogP contribution in [0.1, 0.15) is 30.5 Å². The average Bonchev–Trinajstić information content (AvgIpc) is 3.23. The molecule has 4 rings (SSSR count). The number of aryl methyl sites for hydroxylation is 1. The van der Waals surface area contributed by atoms with Crippen LogP contribution in [-0.4, -0.2) is 22.1 Å². The topological polar surface area (TPSA) is 57.8 Å². The lowest BCUT2D eigenvalue weighted by Gasteiger charge is -2.21. The van der Waals surface area contributed by atoms with Crippen LogP contribution in [0.25, 0.3) is 11.3 Å². The number of hydrogen-bond acceptors (Lipinski definition) is 2. The first-order chi connectivity index (χ1) is 10.7. The molecule has 1 fully saturated rings. The van der Waals surface area contributed by atoms with Crippen molar-refractivity contribution in [1.29, 1.82) is 0 Å². The van der Waals surface area contributed by atoms with Gasteiger partial charge < -0.3 is 5.32 Å². The molecule has 5 heteroatoms. The zero-order valence-corrected chi connectivity index (χ0v) is 12.2. The minimum atomic E-state index is -0.270. The van der Waals surface area contributed by atoms with Crippen molar-refractivity contribution in [1.82, 2.24) is 15.5 Å². The second-order valence-electron chi connectivity index (χ2n) is 6.26. The third kappa shape index (κ3) is 2.51. The zero-order valence-electron chi connectivity index (χ0n) is 12.2. The van der Waals surface area contributed by atoms with E-state index in [0.29, 0.717) is 12.5 Å². The lowest BCUT2D eigenvalue weighted by atomic mass is 9.85. The summed E-state index contributed by atoms with van der Waals surface area (Å²) in [6, 6.07) is 6.85. The van der Waals surface area contributed by atoms with Gasteiger partial charge in [0, 0.05) is 28.8 Å². The third-order valence-electron chi connectivity index (χ3n) is 4.54. The summed E-state index contributed by atoms with van der Waals surface area (Å²) in [4.78, 5) is 12.3. The Bertz CT molecular complexity index is 720. The van der Waals surface area contributed by atoms with Gasteiger partial charge in [0.2, 0.25) is 5.91 Å². The standard InChI is InChI=1S/C17H18FN3O/c18-12-3-1-2-10(8-12)16-14-9-11(4-7-15(14)20-21-16)17(22)19-13-5-6-13/h1-3,8,11,13H,4-7,9H2,(H,19,22)(H,20,21)/t11-/m1/s1. The highest BCUT2D eigenvalue weighted by molar-refractivity contribution is 5.80. The van der Waals surface area contributed by atoms with E-state index in [1.54, 1.807) is 6.07 Å². The van der Waals surface area contributed by atoms with Crippen molar-refractivity contribution in [2.45, 2.75) is 38.1 Å². The molecule has 114 valence electrons. The highest BCUT2D eigenvalue weighted by atomic mass is 19.1. The van der Waals surface area contributed by atoms with Crippen molar-refractivity contribution < 1.29 is 9.18 Å². The normalized spacial score (nSPS) is 20.5. The molecule has 1 aromatic carbocycles. The van der Waals surface area contributed by atoms with Crippen LogP contribution in [0.5, 0.6) is 0 Å². The van der Waals surface area contributed by atoms with Crippen molar-refractivity contribution in [3.8, 4) is 11.3 Å². The SMILES string of the molecule is O=C(NC1CC1)[C@@H]1CCc2[nH]nc(-c3cccc(F)c3)c2C1. The lowest BCUT2D eigenvalue weighted by molar-refractivity contribution is -0.125. The van der Waals surface area contributed by atoms with Crippen molar-refractivity contribution in [3.63, 3.8) is 0 Å². The molecule has 0 unspecified atom stereocenters. The van der Waals surface area contributed by atoms with E-state index in [4.69, 9.17) is 0 Å². The largest absolute Gasteiger partial charge is 0.353 e. The highest BCUT2D eigenvalue weighted by Gasteiger charge is 2.32. The lowest BCUT2D eigenvalue weighted by Crippen LogP contribution is -2.35. The van der Waals surface area contributed by atoms with Gasteiger partial charge in [-0.25, -0.2) is 4.39 Å². The Balaban J connectivity index is 1.60. The Morgan fingerprint density at radius 2 is 2.18 bits per heavy atom. The molecule has 1 aromatic heterocycles. The van der Waals surface area contributed by atoms with Gasteiger partial charge in [-0.2, -0.15) is 5.10 Å². The Kier molecular flexibility index (Phi) is 3.21. The number of aromatic amines is 1. The second kappa shape index (κ2) is 5.23. The zero-order chi connectivity index (χ0) is 15.1. The number of hydrogen-bond donors (Lipinski definition) is 2. The Morgan fingerprint density at radius 1 is 1.32 bits per heavy atom. The van der Waals surface area contributed by atoms with E-state index in [2.05, 4.69) is 15.5 Å². The molecule has 0 aliphatic heterocycles. The summed E-state index contributed by atoms with van der Waals surface area (Å²) in [7, 11) is 0. The molecule has 0 bridgehead atoms. The maximum atomic E-state index is 13.4. The number of fused-ring (bicyclic) bond motifs is 1. The first kappa shape index (κ1) is 13.5. The van der Waals surface area contributed by atoms with Crippen LogP contribution in [0.3, 0.4) is 0 Å². The molecule has 4 nitrogen and oxygen atoms in total. The maximum absolute atomic E-state index is 13.4. The number of benzene rings is 1. The Hall–Kier alpha value is -2.17. The number of carbonyl (C=O) groups excluding carboxylic acids is 1. The third-order valence-corrected chi connectivity index (χ3v) is 4.54. The number of amides is 1. The van der Waals surface area contributed by atoms with Gasteiger partial charge in [-0.15, -0.1) is 0 Å². The summed E-state index contributed by atoms with van der Waals surface area (Å²) in [6.07, 6.45) is 4.54. The smallest absolute Gasteiger partial charge is 0.223 e. The van der Waals surface area contributed by atoms with Crippen LogP contribution in [0.15, 0.2) is 24.3 Å². The predicted molar refractivity (Wildman–Crippen MR) is 80.7 cm³/mol. The summed E-state index contributed by atoms with van der Waals surface area (Å²) in [5, 5.41) is 10.5. The van der Waals surface area contributed by atoms with Gasteiger partial charge in [-0.1, -0.05) is 12.1 Å². The van der Waals surface area contributed by atoms with Crippen molar-refractivity contribution in [2.24, 2.45) is 5.92 Å². The van der Waals surface area contributed by atoms with Gasteiger partial charge in [-0.3, -0.25) is 9.89 Å². The minimum Gasteiger partial charge on any atom is -0.353 e. The molecular weight excluding hydrogens is 281 g/mol. The molecule has 2 N–H and O–H groups in total. The summed E-state index contributed by atoms with van der Waals surface area (Å²) >= 11 is 0. The molecule has 1 saturated carbocycles. The van der Waals surface area contributed by atoms with E-state index in [9.17, 15) is 9.18 Å². The number of nitrogens with zero attached hydrogens (tertiary/aromatic N) is 1. The van der Waals surface area contributed by atoms with Gasteiger partial charge in [-0.05, 0) is 44.2 Å². The van der Waals surface area contributed by atoms with E-state index in [1.165, 1.54) is 12.1 Å². The molecule has 1 atom stereocenters. The van der Waals surface area contributed by atoms with Gasteiger partial charge in [0.05, 0.1) is 5.69 Å². The molecule has 2 aliphatic carbocycles. The number of nitrogens with one attached hydrogen (secondary N) is 2. The van der Waals surface area contributed by atoms with E-state index < -0.39 is 0 Å².